The van der Waals surface area contributed by atoms with Gasteiger partial charge in [0.15, 0.2) is 0 Å². The zero-order valence-corrected chi connectivity index (χ0v) is 29.5. The molecule has 4 amide bonds. The number of rotatable bonds is 17. The molecule has 1 aromatic carbocycles. The highest BCUT2D eigenvalue weighted by Gasteiger charge is 2.26. The van der Waals surface area contributed by atoms with E-state index < -0.39 is 12.1 Å². The number of morpholine rings is 1. The lowest BCUT2D eigenvalue weighted by Gasteiger charge is -2.29. The number of hydrogen-bond acceptors (Lipinski definition) is 9. The van der Waals surface area contributed by atoms with Crippen molar-refractivity contribution in [3.8, 4) is 0 Å². The van der Waals surface area contributed by atoms with E-state index in [1.807, 2.05) is 48.8 Å². The third-order valence-electron chi connectivity index (χ3n) is 8.00. The minimum atomic E-state index is -0.710. The van der Waals surface area contributed by atoms with Crippen LogP contribution >= 0.6 is 22.9 Å². The quantitative estimate of drug-likeness (QED) is 0.161. The lowest BCUT2D eigenvalue weighted by Crippen LogP contribution is -2.53. The second-order valence-electron chi connectivity index (χ2n) is 12.4. The lowest BCUT2D eigenvalue weighted by molar-refractivity contribution is -0.124. The van der Waals surface area contributed by atoms with E-state index in [9.17, 15) is 14.4 Å². The van der Waals surface area contributed by atoms with E-state index >= 15 is 0 Å². The van der Waals surface area contributed by atoms with Crippen molar-refractivity contribution in [1.29, 1.82) is 0 Å². The normalized spacial score (nSPS) is 15.5. The maximum Gasteiger partial charge on any atom is 0.407 e. The molecule has 3 aromatic rings. The summed E-state index contributed by atoms with van der Waals surface area (Å²) in [5.41, 5.74) is 1.93. The van der Waals surface area contributed by atoms with Crippen LogP contribution in [0.3, 0.4) is 0 Å². The van der Waals surface area contributed by atoms with Gasteiger partial charge in [0.2, 0.25) is 5.91 Å². The van der Waals surface area contributed by atoms with Crippen LogP contribution in [0.25, 0.3) is 0 Å². The van der Waals surface area contributed by atoms with Crippen molar-refractivity contribution in [2.24, 2.45) is 0 Å². The van der Waals surface area contributed by atoms with Gasteiger partial charge in [-0.05, 0) is 38.2 Å². The number of amides is 4. The first kappa shape index (κ1) is 36.4. The number of nitrogens with one attached hydrogen (secondary N) is 4. The molecular weight excluding hydrogens is 639 g/mol. The smallest absolute Gasteiger partial charge is 0.407 e. The van der Waals surface area contributed by atoms with E-state index in [-0.39, 0.29) is 30.6 Å². The van der Waals surface area contributed by atoms with Crippen LogP contribution in [-0.2, 0) is 33.8 Å². The third-order valence-corrected chi connectivity index (χ3v) is 9.93. The van der Waals surface area contributed by atoms with E-state index in [4.69, 9.17) is 9.47 Å². The SMILES string of the molecule is CC(CCC(Cc1ccccc1)NC(=O)OCc1c[nH]s1)NC(=O)C(CCN1CCOCC1)NC(=O)N(C)Cc1csc(C(C)C)n1. The average molecular weight is 688 g/mol. The fraction of sp³-hybridized carbons (Fsp3) is 0.576. The summed E-state index contributed by atoms with van der Waals surface area (Å²) >= 11 is 3.03. The number of ether oxygens (including phenoxy) is 2. The first-order chi connectivity index (χ1) is 22.7. The van der Waals surface area contributed by atoms with Gasteiger partial charge in [0, 0.05) is 56.3 Å². The Kier molecular flexibility index (Phi) is 14.5. The summed E-state index contributed by atoms with van der Waals surface area (Å²) in [6.45, 7) is 10.3. The summed E-state index contributed by atoms with van der Waals surface area (Å²) in [6.07, 6.45) is 3.70. The molecule has 47 heavy (non-hydrogen) atoms. The molecule has 3 atom stereocenters. The zero-order chi connectivity index (χ0) is 33.6. The highest BCUT2D eigenvalue weighted by Crippen LogP contribution is 2.20. The van der Waals surface area contributed by atoms with E-state index in [0.717, 1.165) is 34.2 Å². The van der Waals surface area contributed by atoms with E-state index in [1.54, 1.807) is 23.3 Å². The zero-order valence-electron chi connectivity index (χ0n) is 27.8. The molecule has 0 saturated carbocycles. The number of H-pyrrole nitrogens is 1. The van der Waals surface area contributed by atoms with Crippen LogP contribution in [0.15, 0.2) is 41.9 Å². The highest BCUT2D eigenvalue weighted by molar-refractivity contribution is 7.09. The molecule has 3 heterocycles. The van der Waals surface area contributed by atoms with Gasteiger partial charge in [0.1, 0.15) is 12.6 Å². The molecule has 0 aliphatic carbocycles. The number of aromatic nitrogens is 2. The second-order valence-corrected chi connectivity index (χ2v) is 14.2. The first-order valence-electron chi connectivity index (χ1n) is 16.3. The molecule has 12 nitrogen and oxygen atoms in total. The summed E-state index contributed by atoms with van der Waals surface area (Å²) in [5.74, 6) is 0.100. The van der Waals surface area contributed by atoms with Crippen molar-refractivity contribution in [2.75, 3.05) is 39.9 Å². The van der Waals surface area contributed by atoms with Gasteiger partial charge in [-0.3, -0.25) is 9.69 Å². The van der Waals surface area contributed by atoms with Crippen LogP contribution in [0.1, 0.15) is 67.1 Å². The summed E-state index contributed by atoms with van der Waals surface area (Å²) in [5, 5.41) is 12.1. The summed E-state index contributed by atoms with van der Waals surface area (Å²) in [6, 6.07) is 8.57. The monoisotopic (exact) mass is 687 g/mol. The number of nitrogens with zero attached hydrogens (tertiary/aromatic N) is 3. The number of aromatic amines is 1. The van der Waals surface area contributed by atoms with Crippen molar-refractivity contribution in [2.45, 2.75) is 83.6 Å². The minimum Gasteiger partial charge on any atom is -0.444 e. The molecule has 4 rings (SSSR count). The van der Waals surface area contributed by atoms with Gasteiger partial charge >= 0.3 is 12.1 Å². The summed E-state index contributed by atoms with van der Waals surface area (Å²) in [4.78, 5) is 48.9. The second kappa shape index (κ2) is 18.8. The number of thiazole rings is 1. The molecule has 14 heteroatoms. The third kappa shape index (κ3) is 12.6. The Morgan fingerprint density at radius 3 is 2.47 bits per heavy atom. The van der Waals surface area contributed by atoms with Crippen LogP contribution in [0.2, 0.25) is 0 Å². The number of alkyl carbamates (subject to hydrolysis) is 1. The Bertz CT molecular complexity index is 1360. The predicted octanol–water partition coefficient (Wildman–Crippen LogP) is 4.71. The molecule has 258 valence electrons. The van der Waals surface area contributed by atoms with Crippen LogP contribution in [-0.4, -0.2) is 95.2 Å². The van der Waals surface area contributed by atoms with Crippen LogP contribution in [0, 0.1) is 0 Å². The number of carbonyl (C=O) groups excluding carboxylic acids is 3. The molecule has 2 aromatic heterocycles. The molecule has 0 spiro atoms. The maximum absolute atomic E-state index is 13.6. The Morgan fingerprint density at radius 1 is 1.06 bits per heavy atom. The Balaban J connectivity index is 1.33. The largest absolute Gasteiger partial charge is 0.444 e. The maximum atomic E-state index is 13.6. The molecule has 1 saturated heterocycles. The number of carbonyl (C=O) groups is 3. The van der Waals surface area contributed by atoms with Crippen molar-refractivity contribution in [3.05, 3.63) is 63.1 Å². The lowest BCUT2D eigenvalue weighted by atomic mass is 9.99. The molecule has 4 N–H and O–H groups in total. The van der Waals surface area contributed by atoms with Gasteiger partial charge in [-0.15, -0.1) is 11.3 Å². The standard InChI is InChI=1S/C33H49N7O5S2/c1-23(2)31-36-27(22-46-31)20-39(4)32(42)38-29(12-13-40-14-16-44-17-15-40)30(41)35-24(3)10-11-26(18-25-8-6-5-7-9-25)37-33(43)45-21-28-19-34-47-28/h5-9,19,22-24,26,29,34H,10-18,20-21H2,1-4H3,(H,35,41)(H,37,43)(H,38,42). The fourth-order valence-electron chi connectivity index (χ4n) is 5.19. The summed E-state index contributed by atoms with van der Waals surface area (Å²) in [7, 11) is 1.72. The van der Waals surface area contributed by atoms with Crippen molar-refractivity contribution >= 4 is 40.9 Å². The van der Waals surface area contributed by atoms with Gasteiger partial charge in [-0.1, -0.05) is 55.7 Å². The van der Waals surface area contributed by atoms with Crippen LogP contribution < -0.4 is 16.0 Å². The van der Waals surface area contributed by atoms with E-state index in [1.165, 1.54) is 11.5 Å². The van der Waals surface area contributed by atoms with Crippen molar-refractivity contribution < 1.29 is 23.9 Å². The number of hydrogen-bond donors (Lipinski definition) is 4. The Hall–Kier alpha value is -3.46. The van der Waals surface area contributed by atoms with E-state index in [2.05, 4.69) is 44.1 Å². The molecule has 1 aliphatic heterocycles. The predicted molar refractivity (Wildman–Crippen MR) is 185 cm³/mol. The topological polar surface area (TPSA) is 141 Å². The average Bonchev–Trinajstić information content (AvgIpc) is 3.51. The molecule has 3 unspecified atom stereocenters. The fourth-order valence-corrected chi connectivity index (χ4v) is 6.42. The molecule has 1 fully saturated rings. The van der Waals surface area contributed by atoms with Gasteiger partial charge in [-0.2, -0.15) is 0 Å². The Labute approximate surface area is 285 Å². The number of benzene rings is 1. The van der Waals surface area contributed by atoms with Gasteiger partial charge in [-0.25, -0.2) is 14.6 Å². The molecule has 0 bridgehead atoms. The van der Waals surface area contributed by atoms with Crippen LogP contribution in [0.5, 0.6) is 0 Å². The highest BCUT2D eigenvalue weighted by atomic mass is 32.1. The Morgan fingerprint density at radius 2 is 1.81 bits per heavy atom. The molecular formula is C33H49N7O5S2. The van der Waals surface area contributed by atoms with Gasteiger partial charge < -0.3 is 34.7 Å². The minimum absolute atomic E-state index is 0.183. The van der Waals surface area contributed by atoms with Crippen LogP contribution in [0.4, 0.5) is 9.59 Å². The van der Waals surface area contributed by atoms with Gasteiger partial charge in [0.05, 0.1) is 35.3 Å². The van der Waals surface area contributed by atoms with Crippen molar-refractivity contribution in [3.63, 3.8) is 0 Å². The van der Waals surface area contributed by atoms with Gasteiger partial charge in [0.25, 0.3) is 0 Å². The van der Waals surface area contributed by atoms with Crippen molar-refractivity contribution in [1.82, 2.24) is 35.1 Å². The number of urea groups is 1. The molecule has 0 radical (unpaired) electrons. The van der Waals surface area contributed by atoms with E-state index in [0.29, 0.717) is 57.9 Å². The summed E-state index contributed by atoms with van der Waals surface area (Å²) < 4.78 is 13.8. The molecule has 1 aliphatic rings. The first-order valence-corrected chi connectivity index (χ1v) is 18.0.